The van der Waals surface area contributed by atoms with Crippen LogP contribution < -0.4 is 0 Å². The number of aliphatic hydroxyl groups is 1. The molecule has 0 bridgehead atoms. The van der Waals surface area contributed by atoms with E-state index in [1.807, 2.05) is 24.3 Å². The minimum absolute atomic E-state index is 0.362. The molecular formula is C17H16BrNO3. The minimum Gasteiger partial charge on any atom is -0.465 e. The van der Waals surface area contributed by atoms with E-state index in [4.69, 9.17) is 4.74 Å². The van der Waals surface area contributed by atoms with Crippen molar-refractivity contribution in [2.24, 2.45) is 0 Å². The van der Waals surface area contributed by atoms with E-state index in [-0.39, 0.29) is 5.97 Å². The highest BCUT2D eigenvalue weighted by atomic mass is 79.9. The quantitative estimate of drug-likeness (QED) is 0.834. The van der Waals surface area contributed by atoms with Gasteiger partial charge in [-0.1, -0.05) is 6.07 Å². The predicted octanol–water partition coefficient (Wildman–Crippen LogP) is 3.20. The Morgan fingerprint density at radius 3 is 2.86 bits per heavy atom. The van der Waals surface area contributed by atoms with Gasteiger partial charge in [-0.25, -0.2) is 4.79 Å². The Labute approximate surface area is 137 Å². The number of methoxy groups -OCH3 is 1. The highest BCUT2D eigenvalue weighted by molar-refractivity contribution is 9.10. The number of ether oxygens (including phenoxy) is 1. The SMILES string of the molecule is COC(=O)c1ccc2c(c1)CCC[C@@]2(O)c1ccc(Br)cn1. The van der Waals surface area contributed by atoms with Crippen molar-refractivity contribution in [2.45, 2.75) is 24.9 Å². The van der Waals surface area contributed by atoms with Crippen molar-refractivity contribution < 1.29 is 14.6 Å². The number of esters is 1. The molecule has 22 heavy (non-hydrogen) atoms. The summed E-state index contributed by atoms with van der Waals surface area (Å²) in [4.78, 5) is 16.0. The largest absolute Gasteiger partial charge is 0.465 e. The molecule has 114 valence electrons. The molecule has 0 unspecified atom stereocenters. The molecule has 3 rings (SSSR count). The first-order chi connectivity index (χ1) is 10.5. The fourth-order valence-electron chi connectivity index (χ4n) is 3.00. The Hall–Kier alpha value is -1.72. The Morgan fingerprint density at radius 2 is 2.18 bits per heavy atom. The zero-order chi connectivity index (χ0) is 15.7. The van der Waals surface area contributed by atoms with E-state index in [2.05, 4.69) is 20.9 Å². The summed E-state index contributed by atoms with van der Waals surface area (Å²) in [5.41, 5.74) is 1.82. The van der Waals surface area contributed by atoms with Gasteiger partial charge in [0.15, 0.2) is 0 Å². The first-order valence-corrected chi connectivity index (χ1v) is 7.90. The molecule has 0 fully saturated rings. The lowest BCUT2D eigenvalue weighted by molar-refractivity contribution is 0.0559. The van der Waals surface area contributed by atoms with Gasteiger partial charge in [0.05, 0.1) is 18.4 Å². The topological polar surface area (TPSA) is 59.4 Å². The molecule has 0 saturated carbocycles. The molecule has 1 aromatic heterocycles. The molecule has 0 radical (unpaired) electrons. The molecule has 4 nitrogen and oxygen atoms in total. The van der Waals surface area contributed by atoms with E-state index in [1.165, 1.54) is 7.11 Å². The van der Waals surface area contributed by atoms with E-state index in [0.29, 0.717) is 17.7 Å². The number of carbonyl (C=O) groups is 1. The zero-order valence-corrected chi connectivity index (χ0v) is 13.8. The van der Waals surface area contributed by atoms with E-state index in [1.54, 1.807) is 12.3 Å². The van der Waals surface area contributed by atoms with Crippen LogP contribution in [0.4, 0.5) is 0 Å². The summed E-state index contributed by atoms with van der Waals surface area (Å²) in [7, 11) is 1.36. The fourth-order valence-corrected chi connectivity index (χ4v) is 3.24. The van der Waals surface area contributed by atoms with Crippen LogP contribution in [0.2, 0.25) is 0 Å². The normalized spacial score (nSPS) is 20.3. The molecule has 0 spiro atoms. The lowest BCUT2D eigenvalue weighted by atomic mass is 9.76. The maximum atomic E-state index is 11.7. The highest BCUT2D eigenvalue weighted by Crippen LogP contribution is 2.40. The summed E-state index contributed by atoms with van der Waals surface area (Å²) in [6.07, 6.45) is 3.97. The second-order valence-electron chi connectivity index (χ2n) is 5.44. The number of hydrogen-bond donors (Lipinski definition) is 1. The third kappa shape index (κ3) is 2.55. The van der Waals surface area contributed by atoms with Crippen molar-refractivity contribution in [1.82, 2.24) is 4.98 Å². The Kier molecular flexibility index (Phi) is 4.02. The van der Waals surface area contributed by atoms with Crippen molar-refractivity contribution in [3.05, 3.63) is 63.4 Å². The van der Waals surface area contributed by atoms with E-state index in [9.17, 15) is 9.90 Å². The Balaban J connectivity index is 2.07. The number of pyridine rings is 1. The lowest BCUT2D eigenvalue weighted by Crippen LogP contribution is -2.33. The van der Waals surface area contributed by atoms with Crippen LogP contribution in [0, 0.1) is 0 Å². The highest BCUT2D eigenvalue weighted by Gasteiger charge is 2.37. The van der Waals surface area contributed by atoms with Gasteiger partial charge in [0, 0.05) is 10.7 Å². The van der Waals surface area contributed by atoms with Gasteiger partial charge in [-0.2, -0.15) is 0 Å². The summed E-state index contributed by atoms with van der Waals surface area (Å²) < 4.78 is 5.63. The van der Waals surface area contributed by atoms with Crippen LogP contribution in [0.25, 0.3) is 0 Å². The standard InChI is InChI=1S/C17H16BrNO3/c1-22-16(20)12-4-6-14-11(9-12)3-2-8-17(14,21)15-7-5-13(18)10-19-15/h4-7,9-10,21H,2-3,8H2,1H3/t17-/m0/s1. The van der Waals surface area contributed by atoms with Crippen LogP contribution in [0.15, 0.2) is 41.0 Å². The van der Waals surface area contributed by atoms with E-state index < -0.39 is 5.60 Å². The molecule has 0 amide bonds. The van der Waals surface area contributed by atoms with Crippen LogP contribution in [-0.4, -0.2) is 23.2 Å². The molecule has 5 heteroatoms. The fraction of sp³-hybridized carbons (Fsp3) is 0.294. The average Bonchev–Trinajstić information content (AvgIpc) is 2.54. The summed E-state index contributed by atoms with van der Waals surface area (Å²) >= 11 is 3.36. The molecule has 0 saturated heterocycles. The molecular weight excluding hydrogens is 346 g/mol. The summed E-state index contributed by atoms with van der Waals surface area (Å²) in [6, 6.07) is 9.01. The average molecular weight is 362 g/mol. The van der Waals surface area contributed by atoms with Crippen molar-refractivity contribution in [1.29, 1.82) is 0 Å². The molecule has 1 atom stereocenters. The maximum Gasteiger partial charge on any atom is 0.337 e. The second-order valence-corrected chi connectivity index (χ2v) is 6.35. The van der Waals surface area contributed by atoms with Gasteiger partial charge in [0.1, 0.15) is 5.60 Å². The van der Waals surface area contributed by atoms with E-state index in [0.717, 1.165) is 28.4 Å². The van der Waals surface area contributed by atoms with Crippen LogP contribution >= 0.6 is 15.9 Å². The number of halogens is 1. The van der Waals surface area contributed by atoms with Crippen LogP contribution in [0.5, 0.6) is 0 Å². The van der Waals surface area contributed by atoms with Crippen molar-refractivity contribution in [3.8, 4) is 0 Å². The third-order valence-electron chi connectivity index (χ3n) is 4.11. The molecule has 1 aromatic carbocycles. The number of aryl methyl sites for hydroxylation is 1. The van der Waals surface area contributed by atoms with Crippen LogP contribution in [0.1, 0.15) is 40.0 Å². The number of nitrogens with zero attached hydrogens (tertiary/aromatic N) is 1. The number of hydrogen-bond acceptors (Lipinski definition) is 4. The molecule has 0 aliphatic heterocycles. The summed E-state index contributed by atoms with van der Waals surface area (Å²) in [5.74, 6) is -0.362. The predicted molar refractivity (Wildman–Crippen MR) is 85.7 cm³/mol. The molecule has 2 aromatic rings. The number of carbonyl (C=O) groups excluding carboxylic acids is 1. The first kappa shape index (κ1) is 15.2. The Morgan fingerprint density at radius 1 is 1.36 bits per heavy atom. The van der Waals surface area contributed by atoms with Gasteiger partial charge < -0.3 is 9.84 Å². The van der Waals surface area contributed by atoms with Gasteiger partial charge in [-0.05, 0) is 70.6 Å². The summed E-state index contributed by atoms with van der Waals surface area (Å²) in [5, 5.41) is 11.2. The molecule has 1 aliphatic carbocycles. The van der Waals surface area contributed by atoms with Crippen molar-refractivity contribution in [2.75, 3.05) is 7.11 Å². The minimum atomic E-state index is -1.11. The lowest BCUT2D eigenvalue weighted by Gasteiger charge is -2.34. The smallest absolute Gasteiger partial charge is 0.337 e. The third-order valence-corrected chi connectivity index (χ3v) is 4.58. The molecule has 1 N–H and O–H groups in total. The van der Waals surface area contributed by atoms with Gasteiger partial charge in [-0.3, -0.25) is 4.98 Å². The number of fused-ring (bicyclic) bond motifs is 1. The van der Waals surface area contributed by atoms with Gasteiger partial charge in [-0.15, -0.1) is 0 Å². The Bertz CT molecular complexity index is 714. The summed E-state index contributed by atoms with van der Waals surface area (Å²) in [6.45, 7) is 0. The molecule has 1 aliphatic rings. The van der Waals surface area contributed by atoms with Gasteiger partial charge in [0.25, 0.3) is 0 Å². The van der Waals surface area contributed by atoms with E-state index >= 15 is 0 Å². The number of rotatable bonds is 2. The van der Waals surface area contributed by atoms with Gasteiger partial charge >= 0.3 is 5.97 Å². The second kappa shape index (κ2) is 5.82. The maximum absolute atomic E-state index is 11.7. The van der Waals surface area contributed by atoms with Crippen molar-refractivity contribution in [3.63, 3.8) is 0 Å². The zero-order valence-electron chi connectivity index (χ0n) is 12.2. The first-order valence-electron chi connectivity index (χ1n) is 7.11. The van der Waals surface area contributed by atoms with Crippen LogP contribution in [0.3, 0.4) is 0 Å². The monoisotopic (exact) mass is 361 g/mol. The number of aromatic nitrogens is 1. The molecule has 1 heterocycles. The number of benzene rings is 1. The van der Waals surface area contributed by atoms with Crippen LogP contribution in [-0.2, 0) is 16.8 Å². The van der Waals surface area contributed by atoms with Gasteiger partial charge in [0.2, 0.25) is 0 Å². The van der Waals surface area contributed by atoms with Crippen molar-refractivity contribution >= 4 is 21.9 Å².